The number of amides is 1. The fourth-order valence-corrected chi connectivity index (χ4v) is 5.08. The molecule has 1 aromatic carbocycles. The van der Waals surface area contributed by atoms with Gasteiger partial charge in [0.25, 0.3) is 0 Å². The number of fused-ring (bicyclic) bond motifs is 1. The number of halogens is 3. The van der Waals surface area contributed by atoms with Crippen LogP contribution in [-0.4, -0.2) is 39.9 Å². The first-order valence-electron chi connectivity index (χ1n) is 12.4. The van der Waals surface area contributed by atoms with Crippen molar-refractivity contribution in [2.24, 2.45) is 17.6 Å². The number of nitrogens with one attached hydrogen (secondary N) is 1. The number of nitrogens with two attached hydrogens (primary N) is 1. The van der Waals surface area contributed by atoms with E-state index in [2.05, 4.69) is 28.1 Å². The first kappa shape index (κ1) is 27.9. The maximum atomic E-state index is 14.1. The Morgan fingerprint density at radius 1 is 1.28 bits per heavy atom. The number of alkyl halides is 3. The average molecular weight is 542 g/mol. The third-order valence-electron chi connectivity index (χ3n) is 6.80. The number of aryl methyl sites for hydroxylation is 1. The predicted molar refractivity (Wildman–Crippen MR) is 136 cm³/mol. The van der Waals surface area contributed by atoms with Crippen LogP contribution in [0.25, 0.3) is 0 Å². The molecular formula is C28H30F3N5O3. The Hall–Kier alpha value is -4.12. The molecule has 39 heavy (non-hydrogen) atoms. The van der Waals surface area contributed by atoms with Gasteiger partial charge in [-0.25, -0.2) is 4.79 Å². The van der Waals surface area contributed by atoms with Crippen molar-refractivity contribution in [2.45, 2.75) is 58.7 Å². The molecule has 8 nitrogen and oxygen atoms in total. The van der Waals surface area contributed by atoms with Crippen LogP contribution in [0.1, 0.15) is 62.6 Å². The van der Waals surface area contributed by atoms with Crippen molar-refractivity contribution in [3.8, 4) is 23.8 Å². The number of hydrogen-bond acceptors (Lipinski definition) is 6. The van der Waals surface area contributed by atoms with E-state index in [1.54, 1.807) is 47.6 Å². The molecule has 3 heterocycles. The minimum Gasteiger partial charge on any atom is -0.444 e. The molecule has 1 unspecified atom stereocenters. The zero-order valence-corrected chi connectivity index (χ0v) is 22.6. The lowest BCUT2D eigenvalue weighted by Crippen LogP contribution is -2.51. The van der Waals surface area contributed by atoms with E-state index in [0.29, 0.717) is 24.3 Å². The van der Waals surface area contributed by atoms with Gasteiger partial charge in [-0.15, -0.1) is 5.10 Å². The van der Waals surface area contributed by atoms with Gasteiger partial charge in [-0.3, -0.25) is 5.10 Å². The van der Waals surface area contributed by atoms with Crippen LogP contribution in [-0.2, 0) is 16.3 Å². The smallest absolute Gasteiger partial charge is 0.416 e. The molecule has 206 valence electrons. The van der Waals surface area contributed by atoms with Crippen LogP contribution in [0, 0.1) is 41.9 Å². The molecule has 0 spiro atoms. The molecule has 0 bridgehead atoms. The standard InChI is InChI=1S/C28H30F3N5O3/c1-15(2)27(21(12-32)23(33)38-24-22(27)16(3)34-35-24)19-9-17(10-20(11-19)28(29,30)31)7-8-18-13-36(14-18)25(37)39-26(4,5)6/h9-11,15,18H,13-14,33H2,1-6H3,(H,34,35). The maximum Gasteiger partial charge on any atom is 0.416 e. The van der Waals surface area contributed by atoms with Crippen molar-refractivity contribution in [1.29, 1.82) is 5.26 Å². The Morgan fingerprint density at radius 3 is 2.51 bits per heavy atom. The second-order valence-electron chi connectivity index (χ2n) is 11.1. The highest BCUT2D eigenvalue weighted by Gasteiger charge is 2.51. The van der Waals surface area contributed by atoms with E-state index in [0.717, 1.165) is 12.1 Å². The molecule has 3 N–H and O–H groups in total. The number of H-pyrrole nitrogens is 1. The Bertz CT molecular complexity index is 1440. The lowest BCUT2D eigenvalue weighted by Gasteiger charge is -2.41. The lowest BCUT2D eigenvalue weighted by molar-refractivity contribution is -0.137. The van der Waals surface area contributed by atoms with Gasteiger partial charge in [-0.2, -0.15) is 18.4 Å². The fraction of sp³-hybridized carbons (Fsp3) is 0.464. The summed E-state index contributed by atoms with van der Waals surface area (Å²) in [6, 6.07) is 5.65. The molecule has 0 aliphatic carbocycles. The summed E-state index contributed by atoms with van der Waals surface area (Å²) in [4.78, 5) is 13.7. The van der Waals surface area contributed by atoms with Crippen molar-refractivity contribution in [1.82, 2.24) is 15.1 Å². The number of benzene rings is 1. The number of nitriles is 1. The van der Waals surface area contributed by atoms with Gasteiger partial charge in [-0.05, 0) is 57.4 Å². The van der Waals surface area contributed by atoms with Crippen LogP contribution in [0.4, 0.5) is 18.0 Å². The highest BCUT2D eigenvalue weighted by Crippen LogP contribution is 2.53. The summed E-state index contributed by atoms with van der Waals surface area (Å²) in [7, 11) is 0. The predicted octanol–water partition coefficient (Wildman–Crippen LogP) is 4.98. The molecule has 0 saturated carbocycles. The summed E-state index contributed by atoms with van der Waals surface area (Å²) in [6.45, 7) is 11.3. The number of carbonyl (C=O) groups excluding carboxylic acids is 1. The molecule has 2 aromatic rings. The number of allylic oxidation sites excluding steroid dienone is 1. The first-order chi connectivity index (χ1) is 18.1. The molecule has 1 saturated heterocycles. The van der Waals surface area contributed by atoms with E-state index >= 15 is 0 Å². The second-order valence-corrected chi connectivity index (χ2v) is 11.1. The molecular weight excluding hydrogens is 511 g/mol. The summed E-state index contributed by atoms with van der Waals surface area (Å²) >= 11 is 0. The summed E-state index contributed by atoms with van der Waals surface area (Å²) in [5.41, 5.74) is 4.53. The molecule has 11 heteroatoms. The van der Waals surface area contributed by atoms with Gasteiger partial charge in [0.15, 0.2) is 0 Å². The molecule has 1 amide bonds. The quantitative estimate of drug-likeness (QED) is 0.518. The van der Waals surface area contributed by atoms with Crippen LogP contribution in [0.15, 0.2) is 29.7 Å². The molecule has 2 aliphatic rings. The van der Waals surface area contributed by atoms with E-state index in [-0.39, 0.29) is 34.4 Å². The Labute approximate surface area is 224 Å². The third kappa shape index (κ3) is 5.01. The Balaban J connectivity index is 1.80. The van der Waals surface area contributed by atoms with Crippen LogP contribution < -0.4 is 10.5 Å². The van der Waals surface area contributed by atoms with E-state index in [9.17, 15) is 23.2 Å². The molecule has 1 atom stereocenters. The fourth-order valence-electron chi connectivity index (χ4n) is 5.08. The van der Waals surface area contributed by atoms with E-state index in [4.69, 9.17) is 15.2 Å². The summed E-state index contributed by atoms with van der Waals surface area (Å²) in [5, 5.41) is 17.1. The number of nitrogens with zero attached hydrogens (tertiary/aromatic N) is 3. The van der Waals surface area contributed by atoms with Gasteiger partial charge in [0.2, 0.25) is 11.8 Å². The number of aromatic amines is 1. The normalized spacial score (nSPS) is 19.5. The van der Waals surface area contributed by atoms with Gasteiger partial charge in [0, 0.05) is 24.3 Å². The maximum absolute atomic E-state index is 14.1. The summed E-state index contributed by atoms with van der Waals surface area (Å²) in [6.07, 6.45) is -5.13. The lowest BCUT2D eigenvalue weighted by atomic mass is 9.61. The average Bonchev–Trinajstić information content (AvgIpc) is 3.15. The minimum atomic E-state index is -4.67. The highest BCUT2D eigenvalue weighted by molar-refractivity contribution is 5.69. The largest absolute Gasteiger partial charge is 0.444 e. The molecule has 1 aromatic heterocycles. The van der Waals surface area contributed by atoms with Crippen molar-refractivity contribution >= 4 is 6.09 Å². The first-order valence-corrected chi connectivity index (χ1v) is 12.4. The van der Waals surface area contributed by atoms with Crippen molar-refractivity contribution < 1.29 is 27.4 Å². The van der Waals surface area contributed by atoms with Gasteiger partial charge in [0.1, 0.15) is 17.2 Å². The Kier molecular flexibility index (Phi) is 6.84. The monoisotopic (exact) mass is 541 g/mol. The molecule has 1 fully saturated rings. The topological polar surface area (TPSA) is 117 Å². The highest BCUT2D eigenvalue weighted by atomic mass is 19.4. The van der Waals surface area contributed by atoms with Crippen molar-refractivity contribution in [2.75, 3.05) is 13.1 Å². The summed E-state index contributed by atoms with van der Waals surface area (Å²) in [5.74, 6) is 5.11. The van der Waals surface area contributed by atoms with Crippen LogP contribution in [0.5, 0.6) is 5.88 Å². The number of carbonyl (C=O) groups is 1. The number of rotatable bonds is 2. The molecule has 4 rings (SSSR count). The SMILES string of the molecule is Cc1[nH]nc2c1C(c1cc(C#CC3CN(C(=O)OC(C)(C)C)C3)cc(C(F)(F)F)c1)(C(C)C)C(C#N)=C(N)O2. The van der Waals surface area contributed by atoms with Gasteiger partial charge in [-0.1, -0.05) is 25.7 Å². The Morgan fingerprint density at radius 2 is 1.95 bits per heavy atom. The van der Waals surface area contributed by atoms with Crippen LogP contribution in [0.3, 0.4) is 0 Å². The van der Waals surface area contributed by atoms with E-state index in [1.165, 1.54) is 4.90 Å². The number of ether oxygens (including phenoxy) is 2. The van der Waals surface area contributed by atoms with Crippen molar-refractivity contribution in [3.63, 3.8) is 0 Å². The number of aromatic nitrogens is 2. The van der Waals surface area contributed by atoms with Crippen LogP contribution >= 0.6 is 0 Å². The molecule has 2 aliphatic heterocycles. The van der Waals surface area contributed by atoms with Gasteiger partial charge < -0.3 is 20.1 Å². The second kappa shape index (κ2) is 9.57. The third-order valence-corrected chi connectivity index (χ3v) is 6.80. The van der Waals surface area contributed by atoms with E-state index < -0.39 is 34.8 Å². The van der Waals surface area contributed by atoms with Gasteiger partial charge in [0.05, 0.1) is 22.5 Å². The van der Waals surface area contributed by atoms with E-state index in [1.807, 2.05) is 0 Å². The number of likely N-dealkylation sites (tertiary alicyclic amines) is 1. The van der Waals surface area contributed by atoms with Crippen LogP contribution in [0.2, 0.25) is 0 Å². The molecule has 0 radical (unpaired) electrons. The zero-order valence-electron chi connectivity index (χ0n) is 22.6. The van der Waals surface area contributed by atoms with Crippen molar-refractivity contribution in [3.05, 3.63) is 57.6 Å². The minimum absolute atomic E-state index is 0.000251. The summed E-state index contributed by atoms with van der Waals surface area (Å²) < 4.78 is 53.2. The van der Waals surface area contributed by atoms with Gasteiger partial charge >= 0.3 is 12.3 Å². The number of hydrogen-bond donors (Lipinski definition) is 2. The zero-order chi connectivity index (χ0) is 28.9.